The Morgan fingerprint density at radius 2 is 2.28 bits per heavy atom. The second-order valence-electron chi connectivity index (χ2n) is 4.89. The molecule has 0 radical (unpaired) electrons. The van der Waals surface area contributed by atoms with Gasteiger partial charge in [0.1, 0.15) is 0 Å². The quantitative estimate of drug-likeness (QED) is 0.892. The van der Waals surface area contributed by atoms with Crippen molar-refractivity contribution >= 4 is 0 Å². The molecule has 1 saturated heterocycles. The first-order valence-corrected chi connectivity index (χ1v) is 6.71. The fraction of sp³-hybridized carbons (Fsp3) is 0.400. The van der Waals surface area contributed by atoms with E-state index < -0.39 is 0 Å². The van der Waals surface area contributed by atoms with E-state index in [4.69, 9.17) is 0 Å². The molecule has 0 aromatic carbocycles. The molecule has 18 heavy (non-hydrogen) atoms. The van der Waals surface area contributed by atoms with Crippen LogP contribution in [0, 0.1) is 0 Å². The Hall–Kier alpha value is -1.61. The summed E-state index contributed by atoms with van der Waals surface area (Å²) in [6.07, 6.45) is 7.50. The van der Waals surface area contributed by atoms with E-state index >= 15 is 0 Å². The first kappa shape index (κ1) is 11.5. The molecule has 0 spiro atoms. The van der Waals surface area contributed by atoms with Crippen LogP contribution < -0.4 is 0 Å². The van der Waals surface area contributed by atoms with Crippen molar-refractivity contribution in [3.8, 4) is 0 Å². The Morgan fingerprint density at radius 1 is 1.28 bits per heavy atom. The molecule has 3 rings (SSSR count). The number of H-pyrrole nitrogens is 1. The second-order valence-corrected chi connectivity index (χ2v) is 4.89. The predicted octanol–water partition coefficient (Wildman–Crippen LogP) is 2.79. The lowest BCUT2D eigenvalue weighted by molar-refractivity contribution is 0.256. The summed E-state index contributed by atoms with van der Waals surface area (Å²) in [4.78, 5) is 10.3. The van der Waals surface area contributed by atoms with Crippen molar-refractivity contribution in [2.24, 2.45) is 0 Å². The minimum absolute atomic E-state index is 0.573. The van der Waals surface area contributed by atoms with Crippen molar-refractivity contribution in [3.63, 3.8) is 0 Å². The van der Waals surface area contributed by atoms with E-state index in [0.717, 1.165) is 13.0 Å². The average Bonchev–Trinajstić information content (AvgIpc) is 3.08. The third-order valence-electron chi connectivity index (χ3n) is 3.73. The van der Waals surface area contributed by atoms with Crippen LogP contribution in [0.15, 0.2) is 42.7 Å². The summed E-state index contributed by atoms with van der Waals surface area (Å²) in [5.41, 5.74) is 2.54. The van der Waals surface area contributed by atoms with Crippen molar-refractivity contribution < 1.29 is 0 Å². The average molecular weight is 241 g/mol. The van der Waals surface area contributed by atoms with E-state index in [-0.39, 0.29) is 0 Å². The van der Waals surface area contributed by atoms with Crippen LogP contribution >= 0.6 is 0 Å². The van der Waals surface area contributed by atoms with Gasteiger partial charge in [0.15, 0.2) is 0 Å². The monoisotopic (exact) mass is 241 g/mol. The summed E-state index contributed by atoms with van der Waals surface area (Å²) < 4.78 is 0. The zero-order chi connectivity index (χ0) is 12.2. The molecule has 0 bridgehead atoms. The first-order valence-electron chi connectivity index (χ1n) is 6.71. The van der Waals surface area contributed by atoms with Crippen molar-refractivity contribution in [1.29, 1.82) is 0 Å². The smallest absolute Gasteiger partial charge is 0.0498 e. The van der Waals surface area contributed by atoms with Gasteiger partial charge in [-0.1, -0.05) is 6.07 Å². The zero-order valence-corrected chi connectivity index (χ0v) is 10.5. The molecule has 3 heteroatoms. The molecule has 2 aromatic rings. The Morgan fingerprint density at radius 3 is 3.06 bits per heavy atom. The Balaban J connectivity index is 1.62. The van der Waals surface area contributed by atoms with Gasteiger partial charge in [-0.25, -0.2) is 0 Å². The molecular formula is C15H19N3. The number of hydrogen-bond acceptors (Lipinski definition) is 2. The molecule has 1 aliphatic heterocycles. The van der Waals surface area contributed by atoms with Gasteiger partial charge in [-0.05, 0) is 43.7 Å². The molecule has 1 aliphatic rings. The fourth-order valence-electron chi connectivity index (χ4n) is 2.80. The van der Waals surface area contributed by atoms with Gasteiger partial charge in [0.05, 0.1) is 0 Å². The minimum Gasteiger partial charge on any atom is -0.364 e. The van der Waals surface area contributed by atoms with E-state index in [1.807, 2.05) is 18.5 Å². The van der Waals surface area contributed by atoms with Crippen LogP contribution in [0.1, 0.15) is 30.3 Å². The van der Waals surface area contributed by atoms with Gasteiger partial charge in [-0.15, -0.1) is 0 Å². The maximum Gasteiger partial charge on any atom is 0.0498 e. The van der Waals surface area contributed by atoms with Crippen molar-refractivity contribution in [2.75, 3.05) is 13.1 Å². The standard InChI is InChI=1S/C15H19N3/c1-2-9-16-13(5-1)8-12-18-11-4-7-15(18)14-6-3-10-17-14/h1-3,5-6,9-10,15,17H,4,7-8,11-12H2/t15-/m0/s1. The minimum atomic E-state index is 0.573. The number of likely N-dealkylation sites (tertiary alicyclic amines) is 1. The lowest BCUT2D eigenvalue weighted by Gasteiger charge is -2.23. The van der Waals surface area contributed by atoms with E-state index in [1.54, 1.807) is 0 Å². The van der Waals surface area contributed by atoms with E-state index in [2.05, 4.69) is 39.1 Å². The van der Waals surface area contributed by atoms with Gasteiger partial charge in [0.25, 0.3) is 0 Å². The molecule has 0 unspecified atom stereocenters. The number of nitrogens with one attached hydrogen (secondary N) is 1. The van der Waals surface area contributed by atoms with Crippen molar-refractivity contribution in [1.82, 2.24) is 14.9 Å². The van der Waals surface area contributed by atoms with E-state index in [0.29, 0.717) is 6.04 Å². The summed E-state index contributed by atoms with van der Waals surface area (Å²) in [5.74, 6) is 0. The molecule has 1 fully saturated rings. The molecule has 3 nitrogen and oxygen atoms in total. The maximum absolute atomic E-state index is 4.39. The van der Waals surface area contributed by atoms with Crippen LogP contribution in [-0.2, 0) is 6.42 Å². The highest BCUT2D eigenvalue weighted by atomic mass is 15.2. The number of nitrogens with zero attached hydrogens (tertiary/aromatic N) is 2. The van der Waals surface area contributed by atoms with Gasteiger partial charge in [0, 0.05) is 42.8 Å². The van der Waals surface area contributed by atoms with Crippen LogP contribution in [0.5, 0.6) is 0 Å². The lowest BCUT2D eigenvalue weighted by Crippen LogP contribution is -2.26. The second kappa shape index (κ2) is 5.36. The first-order chi connectivity index (χ1) is 8.93. The lowest BCUT2D eigenvalue weighted by atomic mass is 10.1. The normalized spacial score (nSPS) is 20.3. The van der Waals surface area contributed by atoms with Gasteiger partial charge in [-0.2, -0.15) is 0 Å². The van der Waals surface area contributed by atoms with Gasteiger partial charge >= 0.3 is 0 Å². The molecule has 3 heterocycles. The predicted molar refractivity (Wildman–Crippen MR) is 72.3 cm³/mol. The Labute approximate surface area is 108 Å². The summed E-state index contributed by atoms with van der Waals surface area (Å²) in [6.45, 7) is 2.30. The summed E-state index contributed by atoms with van der Waals surface area (Å²) in [5, 5.41) is 0. The van der Waals surface area contributed by atoms with Crippen LogP contribution in [0.2, 0.25) is 0 Å². The molecule has 94 valence electrons. The van der Waals surface area contributed by atoms with Gasteiger partial charge in [-0.3, -0.25) is 9.88 Å². The topological polar surface area (TPSA) is 31.9 Å². The summed E-state index contributed by atoms with van der Waals surface area (Å²) in [7, 11) is 0. The number of aromatic nitrogens is 2. The van der Waals surface area contributed by atoms with E-state index in [1.165, 1.54) is 30.8 Å². The molecule has 0 saturated carbocycles. The third-order valence-corrected chi connectivity index (χ3v) is 3.73. The molecular weight excluding hydrogens is 222 g/mol. The number of hydrogen-bond donors (Lipinski definition) is 1. The van der Waals surface area contributed by atoms with Crippen LogP contribution in [0.4, 0.5) is 0 Å². The molecule has 1 N–H and O–H groups in total. The number of pyridine rings is 1. The third kappa shape index (κ3) is 2.46. The largest absolute Gasteiger partial charge is 0.364 e. The Bertz CT molecular complexity index is 464. The van der Waals surface area contributed by atoms with Gasteiger partial charge < -0.3 is 4.98 Å². The summed E-state index contributed by atoms with van der Waals surface area (Å²) in [6, 6.07) is 11.0. The highest BCUT2D eigenvalue weighted by Gasteiger charge is 2.25. The van der Waals surface area contributed by atoms with Gasteiger partial charge in [0.2, 0.25) is 0 Å². The molecule has 0 amide bonds. The highest BCUT2D eigenvalue weighted by Crippen LogP contribution is 2.30. The fourth-order valence-corrected chi connectivity index (χ4v) is 2.80. The highest BCUT2D eigenvalue weighted by molar-refractivity contribution is 5.11. The van der Waals surface area contributed by atoms with Crippen molar-refractivity contribution in [3.05, 3.63) is 54.1 Å². The number of rotatable bonds is 4. The summed E-state index contributed by atoms with van der Waals surface area (Å²) >= 11 is 0. The number of aromatic amines is 1. The van der Waals surface area contributed by atoms with Crippen LogP contribution in [-0.4, -0.2) is 28.0 Å². The molecule has 1 atom stereocenters. The van der Waals surface area contributed by atoms with E-state index in [9.17, 15) is 0 Å². The van der Waals surface area contributed by atoms with Crippen molar-refractivity contribution in [2.45, 2.75) is 25.3 Å². The Kier molecular flexibility index (Phi) is 3.42. The molecule has 0 aliphatic carbocycles. The van der Waals surface area contributed by atoms with Crippen LogP contribution in [0.3, 0.4) is 0 Å². The molecule has 2 aromatic heterocycles. The maximum atomic E-state index is 4.39. The SMILES string of the molecule is c1ccc(CCN2CCC[C@H]2c2ccc[nH]2)nc1. The zero-order valence-electron chi connectivity index (χ0n) is 10.5. The van der Waals surface area contributed by atoms with Crippen LogP contribution in [0.25, 0.3) is 0 Å².